The molecule has 1 aliphatic heterocycles. The Hall–Kier alpha value is -2.82. The Morgan fingerprint density at radius 3 is 2.31 bits per heavy atom. The van der Waals surface area contributed by atoms with Gasteiger partial charge in [0, 0.05) is 25.7 Å². The summed E-state index contributed by atoms with van der Waals surface area (Å²) in [7, 11) is 1.63. The molecule has 5 heteroatoms. The number of rotatable bonds is 4. The highest BCUT2D eigenvalue weighted by atomic mass is 16.6. The second-order valence-corrected chi connectivity index (χ2v) is 6.50. The van der Waals surface area contributed by atoms with Crippen LogP contribution in [0.5, 0.6) is 0 Å². The summed E-state index contributed by atoms with van der Waals surface area (Å²) in [5, 5.41) is 2.63. The van der Waals surface area contributed by atoms with Crippen LogP contribution < -0.4 is 5.32 Å². The average molecular weight is 352 g/mol. The van der Waals surface area contributed by atoms with Crippen LogP contribution in [0.1, 0.15) is 40.2 Å². The Bertz CT molecular complexity index is 736. The third-order valence-electron chi connectivity index (χ3n) is 4.83. The Labute approximate surface area is 154 Å². The molecule has 26 heavy (non-hydrogen) atoms. The van der Waals surface area contributed by atoms with Gasteiger partial charge in [-0.25, -0.2) is 4.79 Å². The molecule has 1 saturated heterocycles. The third-order valence-corrected chi connectivity index (χ3v) is 4.83. The first-order valence-electron chi connectivity index (χ1n) is 8.95. The molecule has 2 aromatic carbocycles. The smallest absolute Gasteiger partial charge is 0.410 e. The first kappa shape index (κ1) is 18.0. The van der Waals surface area contributed by atoms with E-state index in [0.717, 1.165) is 18.4 Å². The van der Waals surface area contributed by atoms with E-state index in [1.807, 2.05) is 54.6 Å². The van der Waals surface area contributed by atoms with Crippen LogP contribution >= 0.6 is 0 Å². The van der Waals surface area contributed by atoms with Crippen molar-refractivity contribution in [2.75, 3.05) is 20.1 Å². The maximum atomic E-state index is 12.2. The van der Waals surface area contributed by atoms with Crippen molar-refractivity contribution in [1.82, 2.24) is 10.2 Å². The monoisotopic (exact) mass is 352 g/mol. The summed E-state index contributed by atoms with van der Waals surface area (Å²) in [5.41, 5.74) is 2.88. The van der Waals surface area contributed by atoms with E-state index in [4.69, 9.17) is 4.74 Å². The molecule has 0 atom stereocenters. The van der Waals surface area contributed by atoms with Gasteiger partial charge in [-0.1, -0.05) is 42.5 Å². The van der Waals surface area contributed by atoms with Crippen molar-refractivity contribution in [3.63, 3.8) is 0 Å². The molecule has 5 nitrogen and oxygen atoms in total. The van der Waals surface area contributed by atoms with E-state index in [1.165, 1.54) is 5.56 Å². The van der Waals surface area contributed by atoms with Gasteiger partial charge < -0.3 is 15.0 Å². The lowest BCUT2D eigenvalue weighted by atomic mass is 9.89. The maximum absolute atomic E-state index is 12.2. The minimum Gasteiger partial charge on any atom is -0.445 e. The zero-order valence-corrected chi connectivity index (χ0v) is 15.0. The van der Waals surface area contributed by atoms with Crippen LogP contribution in [0.25, 0.3) is 0 Å². The number of hydrogen-bond acceptors (Lipinski definition) is 3. The van der Waals surface area contributed by atoms with Crippen molar-refractivity contribution in [1.29, 1.82) is 0 Å². The highest BCUT2D eigenvalue weighted by Crippen LogP contribution is 2.28. The zero-order chi connectivity index (χ0) is 18.4. The third kappa shape index (κ3) is 4.42. The summed E-state index contributed by atoms with van der Waals surface area (Å²) in [6, 6.07) is 17.4. The molecule has 0 aliphatic carbocycles. The second-order valence-electron chi connectivity index (χ2n) is 6.50. The predicted octanol–water partition coefficient (Wildman–Crippen LogP) is 3.56. The SMILES string of the molecule is CNC(=O)c1ccc(C2CCN(C(=O)OCc3ccccc3)CC2)cc1. The second kappa shape index (κ2) is 8.52. The number of nitrogens with zero attached hydrogens (tertiary/aromatic N) is 1. The van der Waals surface area contributed by atoms with Crippen LogP contribution in [0.15, 0.2) is 54.6 Å². The van der Waals surface area contributed by atoms with Crippen LogP contribution in [0.3, 0.4) is 0 Å². The van der Waals surface area contributed by atoms with Crippen LogP contribution in [-0.4, -0.2) is 37.0 Å². The number of likely N-dealkylation sites (tertiary alicyclic amines) is 1. The van der Waals surface area contributed by atoms with Gasteiger partial charge in [0.25, 0.3) is 5.91 Å². The molecule has 0 aromatic heterocycles. The molecule has 2 amide bonds. The van der Waals surface area contributed by atoms with Gasteiger partial charge in [-0.3, -0.25) is 4.79 Å². The fourth-order valence-corrected chi connectivity index (χ4v) is 3.26. The minimum atomic E-state index is -0.248. The lowest BCUT2D eigenvalue weighted by Gasteiger charge is -2.31. The first-order valence-corrected chi connectivity index (χ1v) is 8.95. The van der Waals surface area contributed by atoms with Gasteiger partial charge in [-0.2, -0.15) is 0 Å². The van der Waals surface area contributed by atoms with Gasteiger partial charge in [-0.15, -0.1) is 0 Å². The first-order chi connectivity index (χ1) is 12.7. The molecular formula is C21H24N2O3. The molecule has 2 aromatic rings. The summed E-state index contributed by atoms with van der Waals surface area (Å²) in [4.78, 5) is 25.6. The summed E-state index contributed by atoms with van der Waals surface area (Å²) in [5.74, 6) is 0.333. The maximum Gasteiger partial charge on any atom is 0.410 e. The standard InChI is InChI=1S/C21H24N2O3/c1-22-20(24)19-9-7-17(8-10-19)18-11-13-23(14-12-18)21(25)26-15-16-5-3-2-4-6-16/h2-10,18H,11-15H2,1H3,(H,22,24). The number of ether oxygens (including phenoxy) is 1. The van der Waals surface area contributed by atoms with Gasteiger partial charge in [0.1, 0.15) is 6.61 Å². The number of benzene rings is 2. The Morgan fingerprint density at radius 1 is 1.04 bits per heavy atom. The van der Waals surface area contributed by atoms with Crippen LogP contribution in [0.4, 0.5) is 4.79 Å². The van der Waals surface area contributed by atoms with Gasteiger partial charge in [0.15, 0.2) is 0 Å². The normalized spacial score (nSPS) is 14.7. The van der Waals surface area contributed by atoms with E-state index in [0.29, 0.717) is 31.2 Å². The van der Waals surface area contributed by atoms with E-state index in [9.17, 15) is 9.59 Å². The number of piperidine rings is 1. The van der Waals surface area contributed by atoms with Gasteiger partial charge in [0.2, 0.25) is 0 Å². The number of carbonyl (C=O) groups excluding carboxylic acids is 2. The molecule has 1 heterocycles. The fraction of sp³-hybridized carbons (Fsp3) is 0.333. The summed E-state index contributed by atoms with van der Waals surface area (Å²) in [6.45, 7) is 1.69. The number of hydrogen-bond donors (Lipinski definition) is 1. The van der Waals surface area contributed by atoms with Crippen LogP contribution in [0.2, 0.25) is 0 Å². The van der Waals surface area contributed by atoms with Crippen molar-refractivity contribution in [2.45, 2.75) is 25.4 Å². The van der Waals surface area contributed by atoms with Crippen molar-refractivity contribution < 1.29 is 14.3 Å². The van der Waals surface area contributed by atoms with Crippen molar-refractivity contribution in [2.24, 2.45) is 0 Å². The largest absolute Gasteiger partial charge is 0.445 e. The Morgan fingerprint density at radius 2 is 1.69 bits per heavy atom. The van der Waals surface area contributed by atoms with E-state index < -0.39 is 0 Å². The van der Waals surface area contributed by atoms with Crippen molar-refractivity contribution in [3.05, 3.63) is 71.3 Å². The van der Waals surface area contributed by atoms with E-state index in [-0.39, 0.29) is 12.0 Å². The summed E-state index contributed by atoms with van der Waals surface area (Å²) < 4.78 is 5.41. The zero-order valence-electron chi connectivity index (χ0n) is 15.0. The molecule has 1 aliphatic rings. The minimum absolute atomic E-state index is 0.0764. The molecular weight excluding hydrogens is 328 g/mol. The lowest BCUT2D eigenvalue weighted by Crippen LogP contribution is -2.38. The molecule has 0 spiro atoms. The Balaban J connectivity index is 1.49. The molecule has 1 N–H and O–H groups in total. The highest BCUT2D eigenvalue weighted by molar-refractivity contribution is 5.93. The van der Waals surface area contributed by atoms with E-state index >= 15 is 0 Å². The van der Waals surface area contributed by atoms with Gasteiger partial charge in [-0.05, 0) is 42.0 Å². The predicted molar refractivity (Wildman–Crippen MR) is 100 cm³/mol. The van der Waals surface area contributed by atoms with Crippen LogP contribution in [0, 0.1) is 0 Å². The molecule has 1 fully saturated rings. The highest BCUT2D eigenvalue weighted by Gasteiger charge is 2.24. The molecule has 0 saturated carbocycles. The molecule has 0 unspecified atom stereocenters. The number of amides is 2. The molecule has 136 valence electrons. The quantitative estimate of drug-likeness (QED) is 0.915. The van der Waals surface area contributed by atoms with E-state index in [2.05, 4.69) is 5.32 Å². The average Bonchev–Trinajstić information content (AvgIpc) is 2.72. The molecule has 0 bridgehead atoms. The van der Waals surface area contributed by atoms with Crippen LogP contribution in [-0.2, 0) is 11.3 Å². The van der Waals surface area contributed by atoms with Gasteiger partial charge >= 0.3 is 6.09 Å². The van der Waals surface area contributed by atoms with Gasteiger partial charge in [0.05, 0.1) is 0 Å². The molecule has 3 rings (SSSR count). The Kier molecular flexibility index (Phi) is 5.89. The van der Waals surface area contributed by atoms with Crippen molar-refractivity contribution >= 4 is 12.0 Å². The number of nitrogens with one attached hydrogen (secondary N) is 1. The fourth-order valence-electron chi connectivity index (χ4n) is 3.26. The summed E-state index contributed by atoms with van der Waals surface area (Å²) >= 11 is 0. The summed E-state index contributed by atoms with van der Waals surface area (Å²) in [6.07, 6.45) is 1.56. The van der Waals surface area contributed by atoms with E-state index in [1.54, 1.807) is 11.9 Å². The topological polar surface area (TPSA) is 58.6 Å². The number of carbonyl (C=O) groups is 2. The van der Waals surface area contributed by atoms with Crippen molar-refractivity contribution in [3.8, 4) is 0 Å². The lowest BCUT2D eigenvalue weighted by molar-refractivity contribution is 0.0869. The molecule has 0 radical (unpaired) electrons.